The van der Waals surface area contributed by atoms with Crippen molar-refractivity contribution in [3.63, 3.8) is 0 Å². The molecule has 1 aliphatic rings. The summed E-state index contributed by atoms with van der Waals surface area (Å²) in [6, 6.07) is 7.74. The minimum atomic E-state index is -0.162. The first-order chi connectivity index (χ1) is 7.66. The summed E-state index contributed by atoms with van der Waals surface area (Å²) in [5, 5.41) is 3.64. The zero-order chi connectivity index (χ0) is 11.5. The summed E-state index contributed by atoms with van der Waals surface area (Å²) in [7, 11) is 0. The van der Waals surface area contributed by atoms with Gasteiger partial charge in [0.25, 0.3) is 0 Å². The Labute approximate surface area is 97.1 Å². The van der Waals surface area contributed by atoms with Gasteiger partial charge in [0.2, 0.25) is 0 Å². The molecule has 1 saturated carbocycles. The van der Waals surface area contributed by atoms with Crippen LogP contribution in [0, 0.1) is 11.7 Å². The second-order valence-electron chi connectivity index (χ2n) is 4.95. The topological polar surface area (TPSA) is 12.0 Å². The average molecular weight is 221 g/mol. The van der Waals surface area contributed by atoms with Gasteiger partial charge in [-0.25, -0.2) is 4.39 Å². The molecule has 1 N–H and O–H groups in total. The van der Waals surface area contributed by atoms with Crippen LogP contribution in [0.1, 0.15) is 44.7 Å². The zero-order valence-electron chi connectivity index (χ0n) is 10.0. The Hall–Kier alpha value is -0.890. The van der Waals surface area contributed by atoms with Crippen LogP contribution in [0.5, 0.6) is 0 Å². The highest BCUT2D eigenvalue weighted by molar-refractivity contribution is 5.19. The van der Waals surface area contributed by atoms with Crippen molar-refractivity contribution in [2.75, 3.05) is 0 Å². The molecular weight excluding hydrogens is 201 g/mol. The number of hydrogen-bond donors (Lipinski definition) is 1. The molecule has 0 radical (unpaired) electrons. The van der Waals surface area contributed by atoms with E-state index in [-0.39, 0.29) is 5.82 Å². The highest BCUT2D eigenvalue weighted by Gasteiger charge is 2.24. The molecule has 1 aromatic rings. The summed E-state index contributed by atoms with van der Waals surface area (Å²) in [4.78, 5) is 0. The number of hydrogen-bond acceptors (Lipinski definition) is 1. The molecule has 0 heterocycles. The molecule has 3 atom stereocenters. The molecule has 1 aromatic carbocycles. The Morgan fingerprint density at radius 1 is 1.25 bits per heavy atom. The van der Waals surface area contributed by atoms with Gasteiger partial charge in [-0.1, -0.05) is 25.5 Å². The third-order valence-corrected chi connectivity index (χ3v) is 3.70. The SMILES string of the molecule is CC1CCCC1N[C@H](C)c1ccc(F)cc1. The number of benzene rings is 1. The van der Waals surface area contributed by atoms with Gasteiger partial charge in [0.05, 0.1) is 0 Å². The first-order valence-corrected chi connectivity index (χ1v) is 6.18. The monoisotopic (exact) mass is 221 g/mol. The number of nitrogens with one attached hydrogen (secondary N) is 1. The molecule has 0 saturated heterocycles. The van der Waals surface area contributed by atoms with Gasteiger partial charge in [-0.3, -0.25) is 0 Å². The van der Waals surface area contributed by atoms with Gasteiger partial charge >= 0.3 is 0 Å². The average Bonchev–Trinajstić information content (AvgIpc) is 2.65. The Kier molecular flexibility index (Phi) is 3.59. The molecule has 0 amide bonds. The first kappa shape index (κ1) is 11.6. The van der Waals surface area contributed by atoms with Crippen molar-refractivity contribution in [3.8, 4) is 0 Å². The first-order valence-electron chi connectivity index (χ1n) is 6.18. The summed E-state index contributed by atoms with van der Waals surface area (Å²) >= 11 is 0. The van der Waals surface area contributed by atoms with E-state index in [1.807, 2.05) is 12.1 Å². The number of halogens is 1. The summed E-state index contributed by atoms with van der Waals surface area (Å²) in [6.07, 6.45) is 3.93. The largest absolute Gasteiger partial charge is 0.307 e. The maximum Gasteiger partial charge on any atom is 0.123 e. The predicted octanol–water partition coefficient (Wildman–Crippen LogP) is 3.66. The fraction of sp³-hybridized carbons (Fsp3) is 0.571. The molecule has 2 heteroatoms. The van der Waals surface area contributed by atoms with E-state index < -0.39 is 0 Å². The van der Waals surface area contributed by atoms with Crippen LogP contribution in [-0.4, -0.2) is 6.04 Å². The molecule has 0 spiro atoms. The van der Waals surface area contributed by atoms with Crippen LogP contribution in [0.4, 0.5) is 4.39 Å². The smallest absolute Gasteiger partial charge is 0.123 e. The molecule has 1 nitrogen and oxygen atoms in total. The van der Waals surface area contributed by atoms with Crippen molar-refractivity contribution in [1.29, 1.82) is 0 Å². The minimum Gasteiger partial charge on any atom is -0.307 e. The van der Waals surface area contributed by atoms with Gasteiger partial charge in [0.1, 0.15) is 5.82 Å². The summed E-state index contributed by atoms with van der Waals surface area (Å²) in [6.45, 7) is 4.46. The van der Waals surface area contributed by atoms with E-state index in [4.69, 9.17) is 0 Å². The van der Waals surface area contributed by atoms with Crippen LogP contribution in [0.2, 0.25) is 0 Å². The second-order valence-corrected chi connectivity index (χ2v) is 4.95. The highest BCUT2D eigenvalue weighted by Crippen LogP contribution is 2.27. The predicted molar refractivity (Wildman–Crippen MR) is 64.8 cm³/mol. The molecule has 2 unspecified atom stereocenters. The van der Waals surface area contributed by atoms with Crippen molar-refractivity contribution >= 4 is 0 Å². The molecule has 88 valence electrons. The Bertz CT molecular complexity index is 333. The fourth-order valence-corrected chi connectivity index (χ4v) is 2.56. The van der Waals surface area contributed by atoms with Gasteiger partial charge in [-0.05, 0) is 43.4 Å². The van der Waals surface area contributed by atoms with Crippen LogP contribution in [0.15, 0.2) is 24.3 Å². The van der Waals surface area contributed by atoms with Gasteiger partial charge in [0.15, 0.2) is 0 Å². The molecule has 1 aliphatic carbocycles. The molecule has 2 rings (SSSR count). The summed E-state index contributed by atoms with van der Waals surface area (Å²) < 4.78 is 12.8. The Morgan fingerprint density at radius 2 is 1.94 bits per heavy atom. The number of rotatable bonds is 3. The quantitative estimate of drug-likeness (QED) is 0.821. The second kappa shape index (κ2) is 4.96. The Balaban J connectivity index is 1.97. The third-order valence-electron chi connectivity index (χ3n) is 3.70. The lowest BCUT2D eigenvalue weighted by atomic mass is 10.0. The van der Waals surface area contributed by atoms with Crippen molar-refractivity contribution < 1.29 is 4.39 Å². The van der Waals surface area contributed by atoms with Crippen molar-refractivity contribution in [2.45, 2.75) is 45.2 Å². The van der Waals surface area contributed by atoms with Crippen molar-refractivity contribution in [2.24, 2.45) is 5.92 Å². The molecule has 1 fully saturated rings. The lowest BCUT2D eigenvalue weighted by molar-refractivity contribution is 0.388. The van der Waals surface area contributed by atoms with E-state index in [0.29, 0.717) is 12.1 Å². The third kappa shape index (κ3) is 2.62. The standard InChI is InChI=1S/C14H20FN/c1-10-4-3-5-14(10)16-11(2)12-6-8-13(15)9-7-12/h6-11,14,16H,3-5H2,1-2H3/t10?,11-,14?/m1/s1. The van der Waals surface area contributed by atoms with Crippen LogP contribution in [0.3, 0.4) is 0 Å². The molecule has 0 bridgehead atoms. The zero-order valence-corrected chi connectivity index (χ0v) is 10.0. The molecule has 16 heavy (non-hydrogen) atoms. The van der Waals surface area contributed by atoms with Crippen molar-refractivity contribution in [1.82, 2.24) is 5.32 Å². The van der Waals surface area contributed by atoms with Crippen molar-refractivity contribution in [3.05, 3.63) is 35.6 Å². The van der Waals surface area contributed by atoms with E-state index in [1.165, 1.54) is 37.0 Å². The lowest BCUT2D eigenvalue weighted by Crippen LogP contribution is -2.33. The lowest BCUT2D eigenvalue weighted by Gasteiger charge is -2.23. The summed E-state index contributed by atoms with van der Waals surface area (Å²) in [5.74, 6) is 0.605. The van der Waals surface area contributed by atoms with Gasteiger partial charge in [0, 0.05) is 12.1 Å². The normalized spacial score (nSPS) is 26.9. The summed E-state index contributed by atoms with van der Waals surface area (Å²) in [5.41, 5.74) is 1.17. The molecule has 0 aromatic heterocycles. The molecule has 0 aliphatic heterocycles. The van der Waals surface area contributed by atoms with Crippen LogP contribution in [-0.2, 0) is 0 Å². The van der Waals surface area contributed by atoms with E-state index in [2.05, 4.69) is 19.2 Å². The van der Waals surface area contributed by atoms with E-state index >= 15 is 0 Å². The van der Waals surface area contributed by atoms with Gasteiger partial charge < -0.3 is 5.32 Å². The maximum atomic E-state index is 12.8. The highest BCUT2D eigenvalue weighted by atomic mass is 19.1. The van der Waals surface area contributed by atoms with E-state index in [1.54, 1.807) is 0 Å². The van der Waals surface area contributed by atoms with Crippen LogP contribution >= 0.6 is 0 Å². The molecular formula is C14H20FN. The van der Waals surface area contributed by atoms with E-state index in [0.717, 1.165) is 5.92 Å². The van der Waals surface area contributed by atoms with E-state index in [9.17, 15) is 4.39 Å². The maximum absolute atomic E-state index is 12.8. The van der Waals surface area contributed by atoms with Crippen LogP contribution < -0.4 is 5.32 Å². The van der Waals surface area contributed by atoms with Gasteiger partial charge in [-0.2, -0.15) is 0 Å². The van der Waals surface area contributed by atoms with Crippen LogP contribution in [0.25, 0.3) is 0 Å². The van der Waals surface area contributed by atoms with Gasteiger partial charge in [-0.15, -0.1) is 0 Å². The fourth-order valence-electron chi connectivity index (χ4n) is 2.56. The Morgan fingerprint density at radius 3 is 2.50 bits per heavy atom. The minimum absolute atomic E-state index is 0.162.